The van der Waals surface area contributed by atoms with Crippen LogP contribution in [0.5, 0.6) is 0 Å². The molecule has 6 nitrogen and oxygen atoms in total. The smallest absolute Gasteiger partial charge is 0.335 e. The number of aryl methyl sites for hydroxylation is 1. The highest BCUT2D eigenvalue weighted by Crippen LogP contribution is 2.25. The van der Waals surface area contributed by atoms with E-state index in [9.17, 15) is 9.59 Å². The quantitative estimate of drug-likeness (QED) is 0.749. The van der Waals surface area contributed by atoms with Crippen LogP contribution in [-0.2, 0) is 0 Å². The fourth-order valence-electron chi connectivity index (χ4n) is 2.36. The van der Waals surface area contributed by atoms with Crippen LogP contribution in [0, 0.1) is 6.92 Å². The standard InChI is InChI=1S/C17H13N3O3/c1-11-3-2-4-13(9-11)16-15(10-21)18-19-20(16)14-7-5-12(6-8-14)17(22)23/h2-10H,1H3,(H,22,23). The van der Waals surface area contributed by atoms with Crippen molar-refractivity contribution in [2.24, 2.45) is 0 Å². The van der Waals surface area contributed by atoms with Crippen LogP contribution in [0.2, 0.25) is 0 Å². The van der Waals surface area contributed by atoms with Crippen molar-refractivity contribution in [2.75, 3.05) is 0 Å². The largest absolute Gasteiger partial charge is 0.478 e. The number of carboxylic acid groups (broad SMARTS) is 1. The lowest BCUT2D eigenvalue weighted by atomic mass is 10.1. The van der Waals surface area contributed by atoms with Gasteiger partial charge in [0.05, 0.1) is 11.3 Å². The van der Waals surface area contributed by atoms with E-state index in [1.165, 1.54) is 16.8 Å². The van der Waals surface area contributed by atoms with Gasteiger partial charge in [-0.05, 0) is 37.3 Å². The second-order valence-electron chi connectivity index (χ2n) is 5.07. The summed E-state index contributed by atoms with van der Waals surface area (Å²) in [7, 11) is 0. The molecule has 0 aliphatic carbocycles. The topological polar surface area (TPSA) is 85.1 Å². The molecule has 1 heterocycles. The highest BCUT2D eigenvalue weighted by molar-refractivity contribution is 5.88. The molecule has 0 radical (unpaired) electrons. The van der Waals surface area contributed by atoms with Gasteiger partial charge in [-0.25, -0.2) is 9.48 Å². The number of aromatic nitrogens is 3. The molecule has 0 aliphatic heterocycles. The maximum absolute atomic E-state index is 11.3. The number of carboxylic acids is 1. The molecular formula is C17H13N3O3. The second-order valence-corrected chi connectivity index (χ2v) is 5.07. The first-order chi connectivity index (χ1) is 11.1. The number of rotatable bonds is 4. The third kappa shape index (κ3) is 2.74. The van der Waals surface area contributed by atoms with E-state index in [0.717, 1.165) is 11.1 Å². The average molecular weight is 307 g/mol. The van der Waals surface area contributed by atoms with Crippen molar-refractivity contribution in [1.82, 2.24) is 15.0 Å². The summed E-state index contributed by atoms with van der Waals surface area (Å²) in [5.41, 5.74) is 3.49. The molecule has 0 saturated heterocycles. The fourth-order valence-corrected chi connectivity index (χ4v) is 2.36. The van der Waals surface area contributed by atoms with Gasteiger partial charge in [-0.2, -0.15) is 0 Å². The first kappa shape index (κ1) is 14.6. The minimum atomic E-state index is -0.998. The summed E-state index contributed by atoms with van der Waals surface area (Å²) >= 11 is 0. The van der Waals surface area contributed by atoms with Crippen LogP contribution in [0.15, 0.2) is 48.5 Å². The molecule has 0 amide bonds. The van der Waals surface area contributed by atoms with Crippen molar-refractivity contribution in [2.45, 2.75) is 6.92 Å². The SMILES string of the molecule is Cc1cccc(-c2c(C=O)nnn2-c2ccc(C(=O)O)cc2)c1. The molecule has 3 rings (SSSR count). The maximum Gasteiger partial charge on any atom is 0.335 e. The van der Waals surface area contributed by atoms with Crippen LogP contribution in [0.4, 0.5) is 0 Å². The van der Waals surface area contributed by atoms with Gasteiger partial charge in [-0.3, -0.25) is 4.79 Å². The fraction of sp³-hybridized carbons (Fsp3) is 0.0588. The summed E-state index contributed by atoms with van der Waals surface area (Å²) in [6, 6.07) is 13.9. The lowest BCUT2D eigenvalue weighted by Crippen LogP contribution is -2.02. The molecule has 23 heavy (non-hydrogen) atoms. The van der Waals surface area contributed by atoms with Crippen LogP contribution < -0.4 is 0 Å². The number of benzene rings is 2. The molecule has 0 saturated carbocycles. The third-order valence-electron chi connectivity index (χ3n) is 3.46. The highest BCUT2D eigenvalue weighted by atomic mass is 16.4. The first-order valence-corrected chi connectivity index (χ1v) is 6.92. The molecule has 0 fully saturated rings. The number of carbonyl (C=O) groups excluding carboxylic acids is 1. The predicted molar refractivity (Wildman–Crippen MR) is 83.9 cm³/mol. The zero-order valence-corrected chi connectivity index (χ0v) is 12.3. The number of nitrogens with zero attached hydrogens (tertiary/aromatic N) is 3. The second kappa shape index (κ2) is 5.84. The monoisotopic (exact) mass is 307 g/mol. The van der Waals surface area contributed by atoms with Crippen LogP contribution in [-0.4, -0.2) is 32.4 Å². The van der Waals surface area contributed by atoms with Crippen molar-refractivity contribution < 1.29 is 14.7 Å². The molecule has 1 aromatic heterocycles. The zero-order chi connectivity index (χ0) is 16.4. The third-order valence-corrected chi connectivity index (χ3v) is 3.46. The van der Waals surface area contributed by atoms with Crippen molar-refractivity contribution >= 4 is 12.3 Å². The summed E-state index contributed by atoms with van der Waals surface area (Å²) in [4.78, 5) is 22.2. The Morgan fingerprint density at radius 1 is 1.17 bits per heavy atom. The molecule has 0 aliphatic rings. The highest BCUT2D eigenvalue weighted by Gasteiger charge is 2.16. The van der Waals surface area contributed by atoms with Gasteiger partial charge < -0.3 is 5.11 Å². The Morgan fingerprint density at radius 2 is 1.91 bits per heavy atom. The number of carbonyl (C=O) groups is 2. The lowest BCUT2D eigenvalue weighted by Gasteiger charge is -2.08. The van der Waals surface area contributed by atoms with E-state index < -0.39 is 5.97 Å². The Labute approximate surface area is 132 Å². The van der Waals surface area contributed by atoms with Crippen molar-refractivity contribution in [3.63, 3.8) is 0 Å². The Hall–Kier alpha value is -3.28. The van der Waals surface area contributed by atoms with Crippen LogP contribution in [0.3, 0.4) is 0 Å². The summed E-state index contributed by atoms with van der Waals surface area (Å²) < 4.78 is 1.53. The molecule has 0 atom stereocenters. The van der Waals surface area contributed by atoms with E-state index in [0.29, 0.717) is 17.7 Å². The van der Waals surface area contributed by atoms with Gasteiger partial charge in [0.15, 0.2) is 12.0 Å². The van der Waals surface area contributed by atoms with Crippen molar-refractivity contribution in [1.29, 1.82) is 0 Å². The Bertz CT molecular complexity index is 882. The van der Waals surface area contributed by atoms with Crippen LogP contribution in [0.25, 0.3) is 16.9 Å². The minimum Gasteiger partial charge on any atom is -0.478 e. The number of hydrogen-bond donors (Lipinski definition) is 1. The normalized spacial score (nSPS) is 10.5. The minimum absolute atomic E-state index is 0.182. The zero-order valence-electron chi connectivity index (χ0n) is 12.3. The molecule has 114 valence electrons. The first-order valence-electron chi connectivity index (χ1n) is 6.92. The molecule has 1 N–H and O–H groups in total. The molecular weight excluding hydrogens is 294 g/mol. The Kier molecular flexibility index (Phi) is 3.72. The van der Waals surface area contributed by atoms with E-state index in [1.54, 1.807) is 12.1 Å². The van der Waals surface area contributed by atoms with Gasteiger partial charge in [-0.15, -0.1) is 5.10 Å². The summed E-state index contributed by atoms with van der Waals surface area (Å²) in [5, 5.41) is 16.9. The molecule has 2 aromatic carbocycles. The summed E-state index contributed by atoms with van der Waals surface area (Å²) in [5.74, 6) is -0.998. The van der Waals surface area contributed by atoms with Gasteiger partial charge in [-0.1, -0.05) is 29.0 Å². The molecule has 6 heteroatoms. The number of hydrogen-bond acceptors (Lipinski definition) is 4. The van der Waals surface area contributed by atoms with Crippen LogP contribution in [0.1, 0.15) is 26.4 Å². The van der Waals surface area contributed by atoms with E-state index >= 15 is 0 Å². The van der Waals surface area contributed by atoms with Gasteiger partial charge in [0.2, 0.25) is 0 Å². The van der Waals surface area contributed by atoms with Gasteiger partial charge in [0, 0.05) is 5.56 Å². The van der Waals surface area contributed by atoms with Gasteiger partial charge >= 0.3 is 5.97 Å². The predicted octanol–water partition coefficient (Wildman–Crippen LogP) is 2.75. The van der Waals surface area contributed by atoms with Gasteiger partial charge in [0.1, 0.15) is 5.69 Å². The van der Waals surface area contributed by atoms with Gasteiger partial charge in [0.25, 0.3) is 0 Å². The molecule has 0 unspecified atom stereocenters. The Morgan fingerprint density at radius 3 is 2.52 bits per heavy atom. The average Bonchev–Trinajstić information content (AvgIpc) is 2.99. The lowest BCUT2D eigenvalue weighted by molar-refractivity contribution is 0.0696. The number of aromatic carboxylic acids is 1. The van der Waals surface area contributed by atoms with E-state index in [1.807, 2.05) is 31.2 Å². The van der Waals surface area contributed by atoms with Crippen molar-refractivity contribution in [3.05, 3.63) is 65.4 Å². The summed E-state index contributed by atoms with van der Waals surface area (Å²) in [6.45, 7) is 1.96. The molecule has 3 aromatic rings. The number of aldehydes is 1. The van der Waals surface area contributed by atoms with Crippen LogP contribution >= 0.6 is 0 Å². The Balaban J connectivity index is 2.15. The van der Waals surface area contributed by atoms with E-state index in [-0.39, 0.29) is 11.3 Å². The van der Waals surface area contributed by atoms with E-state index in [4.69, 9.17) is 5.11 Å². The molecule has 0 spiro atoms. The maximum atomic E-state index is 11.3. The molecule has 0 bridgehead atoms. The summed E-state index contributed by atoms with van der Waals surface area (Å²) in [6.07, 6.45) is 0.660. The van der Waals surface area contributed by atoms with Crippen molar-refractivity contribution in [3.8, 4) is 16.9 Å². The van der Waals surface area contributed by atoms with E-state index in [2.05, 4.69) is 10.3 Å².